The lowest BCUT2D eigenvalue weighted by molar-refractivity contribution is -0.142. The molecule has 1 atom stereocenters. The normalized spacial score (nSPS) is 12.6. The van der Waals surface area contributed by atoms with E-state index in [1.54, 1.807) is 12.0 Å². The molecule has 172 valence electrons. The van der Waals surface area contributed by atoms with Gasteiger partial charge in [0.15, 0.2) is 0 Å². The molecular formula is C24H43N3O3. The Hall–Kier alpha value is -1.82. The summed E-state index contributed by atoms with van der Waals surface area (Å²) in [7, 11) is 3.61. The van der Waals surface area contributed by atoms with Crippen LogP contribution in [-0.2, 0) is 27.9 Å². The van der Waals surface area contributed by atoms with E-state index in [2.05, 4.69) is 34.6 Å². The highest BCUT2D eigenvalue weighted by Crippen LogP contribution is 2.26. The molecule has 0 saturated carbocycles. The summed E-state index contributed by atoms with van der Waals surface area (Å²) in [5.74, 6) is 0.307. The Morgan fingerprint density at radius 3 is 2.40 bits per heavy atom. The number of carbonyl (C=O) groups excluding carboxylic acids is 2. The van der Waals surface area contributed by atoms with Gasteiger partial charge < -0.3 is 19.1 Å². The second-order valence-electron chi connectivity index (χ2n) is 9.66. The molecule has 0 aliphatic carbocycles. The van der Waals surface area contributed by atoms with Gasteiger partial charge >= 0.3 is 0 Å². The molecule has 0 aliphatic heterocycles. The maximum absolute atomic E-state index is 13.2. The number of hydrogen-bond acceptors (Lipinski definition) is 3. The molecule has 0 unspecified atom stereocenters. The number of methoxy groups -OCH3 is 1. The zero-order valence-corrected chi connectivity index (χ0v) is 20.2. The molecule has 6 heteroatoms. The van der Waals surface area contributed by atoms with Crippen molar-refractivity contribution in [3.05, 3.63) is 24.0 Å². The van der Waals surface area contributed by atoms with Crippen LogP contribution in [0.25, 0.3) is 0 Å². The minimum Gasteiger partial charge on any atom is -0.383 e. The summed E-state index contributed by atoms with van der Waals surface area (Å²) < 4.78 is 7.23. The van der Waals surface area contributed by atoms with Gasteiger partial charge in [-0.1, -0.05) is 41.0 Å². The molecule has 1 heterocycles. The van der Waals surface area contributed by atoms with Crippen LogP contribution in [0.4, 0.5) is 0 Å². The molecule has 0 saturated heterocycles. The first-order valence-electron chi connectivity index (χ1n) is 11.2. The molecule has 0 N–H and O–H groups in total. The Kier molecular flexibility index (Phi) is 11.2. The molecule has 0 aliphatic rings. The van der Waals surface area contributed by atoms with Crippen LogP contribution >= 0.6 is 0 Å². The summed E-state index contributed by atoms with van der Waals surface area (Å²) in [5, 5.41) is 0. The van der Waals surface area contributed by atoms with Gasteiger partial charge in [-0.3, -0.25) is 9.59 Å². The molecule has 30 heavy (non-hydrogen) atoms. The summed E-state index contributed by atoms with van der Waals surface area (Å²) in [4.78, 5) is 29.7. The van der Waals surface area contributed by atoms with E-state index >= 15 is 0 Å². The highest BCUT2D eigenvalue weighted by atomic mass is 16.5. The highest BCUT2D eigenvalue weighted by Gasteiger charge is 2.24. The summed E-state index contributed by atoms with van der Waals surface area (Å²) >= 11 is 0. The fraction of sp³-hybridized carbons (Fsp3) is 0.750. The van der Waals surface area contributed by atoms with Gasteiger partial charge in [0, 0.05) is 45.6 Å². The molecule has 1 rings (SSSR count). The average Bonchev–Trinajstić information content (AvgIpc) is 3.04. The maximum atomic E-state index is 13.2. The van der Waals surface area contributed by atoms with E-state index in [4.69, 9.17) is 4.74 Å². The largest absolute Gasteiger partial charge is 0.383 e. The maximum Gasteiger partial charge on any atom is 0.242 e. The molecule has 1 aromatic rings. The van der Waals surface area contributed by atoms with E-state index in [-0.39, 0.29) is 29.7 Å². The van der Waals surface area contributed by atoms with Gasteiger partial charge in [0.2, 0.25) is 11.8 Å². The number of rotatable bonds is 13. The molecule has 1 aromatic heterocycles. The second kappa shape index (κ2) is 12.8. The van der Waals surface area contributed by atoms with Crippen LogP contribution in [0.5, 0.6) is 0 Å². The van der Waals surface area contributed by atoms with Crippen LogP contribution in [0, 0.1) is 11.3 Å². The number of hydrogen-bond donors (Lipinski definition) is 0. The first kappa shape index (κ1) is 26.2. The number of aryl methyl sites for hydroxylation is 1. The van der Waals surface area contributed by atoms with E-state index in [0.717, 1.165) is 25.0 Å². The van der Waals surface area contributed by atoms with Gasteiger partial charge in [0.25, 0.3) is 0 Å². The minimum absolute atomic E-state index is 0.00224. The monoisotopic (exact) mass is 421 g/mol. The summed E-state index contributed by atoms with van der Waals surface area (Å²) in [5.41, 5.74) is 1.27. The third kappa shape index (κ3) is 9.79. The van der Waals surface area contributed by atoms with E-state index in [0.29, 0.717) is 32.7 Å². The van der Waals surface area contributed by atoms with Crippen LogP contribution < -0.4 is 0 Å². The van der Waals surface area contributed by atoms with Crippen molar-refractivity contribution in [2.45, 2.75) is 66.8 Å². The number of carbonyl (C=O) groups is 2. The predicted octanol–water partition coefficient (Wildman–Crippen LogP) is 4.09. The second-order valence-corrected chi connectivity index (χ2v) is 9.66. The number of aromatic nitrogens is 1. The van der Waals surface area contributed by atoms with Crippen LogP contribution in [0.1, 0.15) is 66.0 Å². The van der Waals surface area contributed by atoms with Crippen molar-refractivity contribution < 1.29 is 14.3 Å². The quantitative estimate of drug-likeness (QED) is 0.482. The Bertz CT molecular complexity index is 648. The zero-order valence-electron chi connectivity index (χ0n) is 20.2. The molecule has 0 spiro atoms. The van der Waals surface area contributed by atoms with Crippen LogP contribution in [0.3, 0.4) is 0 Å². The fourth-order valence-corrected chi connectivity index (χ4v) is 3.80. The zero-order chi connectivity index (χ0) is 22.7. The van der Waals surface area contributed by atoms with Crippen molar-refractivity contribution in [2.75, 3.05) is 33.4 Å². The smallest absolute Gasteiger partial charge is 0.242 e. The van der Waals surface area contributed by atoms with Crippen LogP contribution in [0.15, 0.2) is 18.3 Å². The first-order chi connectivity index (χ1) is 14.1. The van der Waals surface area contributed by atoms with Gasteiger partial charge in [-0.05, 0) is 36.3 Å². The Morgan fingerprint density at radius 1 is 1.17 bits per heavy atom. The van der Waals surface area contributed by atoms with Crippen molar-refractivity contribution in [3.63, 3.8) is 0 Å². The topological polar surface area (TPSA) is 54.8 Å². The lowest BCUT2D eigenvalue weighted by Gasteiger charge is -2.29. The van der Waals surface area contributed by atoms with Gasteiger partial charge in [-0.2, -0.15) is 0 Å². The standard InChI is InChI=1S/C24H43N3O3/c1-8-9-13-26(18-21-11-10-12-25(21)6)23(29)19-27(14-15-30-7)22(28)16-20(2)17-24(3,4)5/h10-12,20H,8-9,13-19H2,1-7H3/t20-/m1/s1. The molecule has 0 bridgehead atoms. The van der Waals surface area contributed by atoms with Gasteiger partial charge in [-0.25, -0.2) is 0 Å². The molecule has 0 aromatic carbocycles. The third-order valence-corrected chi connectivity index (χ3v) is 5.27. The van der Waals surface area contributed by atoms with Crippen molar-refractivity contribution in [1.82, 2.24) is 14.4 Å². The molecule has 2 amide bonds. The number of amides is 2. The van der Waals surface area contributed by atoms with E-state index in [9.17, 15) is 9.59 Å². The van der Waals surface area contributed by atoms with Gasteiger partial charge in [0.1, 0.15) is 0 Å². The van der Waals surface area contributed by atoms with Gasteiger partial charge in [0.05, 0.1) is 19.7 Å². The van der Waals surface area contributed by atoms with Gasteiger partial charge in [-0.15, -0.1) is 0 Å². The number of nitrogens with zero attached hydrogens (tertiary/aromatic N) is 3. The SMILES string of the molecule is CCCCN(Cc1cccn1C)C(=O)CN(CCOC)C(=O)C[C@@H](C)CC(C)(C)C. The average molecular weight is 422 g/mol. The lowest BCUT2D eigenvalue weighted by atomic mass is 9.84. The van der Waals surface area contributed by atoms with E-state index in [1.165, 1.54) is 0 Å². The van der Waals surface area contributed by atoms with E-state index in [1.807, 2.05) is 34.8 Å². The van der Waals surface area contributed by atoms with Crippen LogP contribution in [0.2, 0.25) is 0 Å². The Morgan fingerprint density at radius 2 is 1.87 bits per heavy atom. The first-order valence-corrected chi connectivity index (χ1v) is 11.2. The van der Waals surface area contributed by atoms with Crippen molar-refractivity contribution in [2.24, 2.45) is 18.4 Å². The molecule has 0 fully saturated rings. The van der Waals surface area contributed by atoms with Crippen molar-refractivity contribution >= 4 is 11.8 Å². The lowest BCUT2D eigenvalue weighted by Crippen LogP contribution is -2.44. The third-order valence-electron chi connectivity index (χ3n) is 5.27. The number of unbranched alkanes of at least 4 members (excludes halogenated alkanes) is 1. The summed E-state index contributed by atoms with van der Waals surface area (Å²) in [6, 6.07) is 4.02. The molecule has 0 radical (unpaired) electrons. The Labute approximate surface area is 183 Å². The highest BCUT2D eigenvalue weighted by molar-refractivity contribution is 5.85. The molecule has 6 nitrogen and oxygen atoms in total. The van der Waals surface area contributed by atoms with Crippen molar-refractivity contribution in [3.8, 4) is 0 Å². The predicted molar refractivity (Wildman–Crippen MR) is 122 cm³/mol. The summed E-state index contributed by atoms with van der Waals surface area (Å²) in [6.45, 7) is 13.0. The van der Waals surface area contributed by atoms with E-state index < -0.39 is 0 Å². The van der Waals surface area contributed by atoms with Crippen molar-refractivity contribution in [1.29, 1.82) is 0 Å². The fourth-order valence-electron chi connectivity index (χ4n) is 3.80. The number of ether oxygens (including phenoxy) is 1. The molecular weight excluding hydrogens is 378 g/mol. The van der Waals surface area contributed by atoms with Crippen LogP contribution in [-0.4, -0.2) is 59.5 Å². The minimum atomic E-state index is -0.00224. The Balaban J connectivity index is 2.83. The summed E-state index contributed by atoms with van der Waals surface area (Å²) in [6.07, 6.45) is 5.39.